The lowest BCUT2D eigenvalue weighted by molar-refractivity contribution is -0.130. The minimum absolute atomic E-state index is 0.175. The van der Waals surface area contributed by atoms with Crippen LogP contribution in [0.1, 0.15) is 32.1 Å². The molecule has 6 nitrogen and oxygen atoms in total. The first-order valence-electron chi connectivity index (χ1n) is 6.82. The standard InChI is InChI=1S/C13H16F3N3O3S/c1-22-19-11-4-2-10(3-5-11)12(8-17,9-18)23(20,21)7-6-13(14,15)16/h10H,2-7H2,1H3. The van der Waals surface area contributed by atoms with Crippen molar-refractivity contribution in [1.29, 1.82) is 10.5 Å². The van der Waals surface area contributed by atoms with Crippen LogP contribution in [-0.4, -0.2) is 37.9 Å². The summed E-state index contributed by atoms with van der Waals surface area (Å²) in [6, 6.07) is 2.94. The predicted octanol–water partition coefficient (Wildman–Crippen LogP) is 2.33. The molecule has 128 valence electrons. The number of hydrogen-bond acceptors (Lipinski definition) is 6. The fourth-order valence-electron chi connectivity index (χ4n) is 2.59. The van der Waals surface area contributed by atoms with E-state index in [0.29, 0.717) is 18.6 Å². The highest BCUT2D eigenvalue weighted by Gasteiger charge is 2.52. The van der Waals surface area contributed by atoms with E-state index in [9.17, 15) is 32.1 Å². The topological polar surface area (TPSA) is 103 Å². The van der Waals surface area contributed by atoms with Crippen LogP contribution in [0.2, 0.25) is 0 Å². The van der Waals surface area contributed by atoms with Crippen molar-refractivity contribution >= 4 is 15.5 Å². The van der Waals surface area contributed by atoms with Crippen molar-refractivity contribution in [2.45, 2.75) is 43.0 Å². The van der Waals surface area contributed by atoms with Crippen LogP contribution in [0.25, 0.3) is 0 Å². The third kappa shape index (κ3) is 4.35. The number of nitriles is 2. The zero-order valence-electron chi connectivity index (χ0n) is 12.4. The summed E-state index contributed by atoms with van der Waals surface area (Å²) in [5.74, 6) is -2.13. The van der Waals surface area contributed by atoms with E-state index in [1.807, 2.05) is 0 Å². The maximum absolute atomic E-state index is 12.3. The molecule has 0 aromatic rings. The fourth-order valence-corrected chi connectivity index (χ4v) is 4.43. The zero-order chi connectivity index (χ0) is 17.7. The van der Waals surface area contributed by atoms with Crippen LogP contribution >= 0.6 is 0 Å². The molecule has 0 aliphatic heterocycles. The van der Waals surface area contributed by atoms with E-state index in [2.05, 4.69) is 9.99 Å². The van der Waals surface area contributed by atoms with Crippen molar-refractivity contribution in [2.75, 3.05) is 12.9 Å². The Kier molecular flexibility index (Phi) is 6.00. The minimum Gasteiger partial charge on any atom is -0.399 e. The molecule has 0 bridgehead atoms. The van der Waals surface area contributed by atoms with E-state index < -0.39 is 38.9 Å². The van der Waals surface area contributed by atoms with Crippen LogP contribution in [0.15, 0.2) is 5.16 Å². The summed E-state index contributed by atoms with van der Waals surface area (Å²) >= 11 is 0. The quantitative estimate of drug-likeness (QED) is 0.707. The fraction of sp³-hybridized carbons (Fsp3) is 0.769. The van der Waals surface area contributed by atoms with Gasteiger partial charge < -0.3 is 4.84 Å². The van der Waals surface area contributed by atoms with Gasteiger partial charge in [0.2, 0.25) is 4.75 Å². The lowest BCUT2D eigenvalue weighted by atomic mass is 9.80. The summed E-state index contributed by atoms with van der Waals surface area (Å²) in [6.45, 7) is 0. The van der Waals surface area contributed by atoms with Crippen molar-refractivity contribution in [3.8, 4) is 12.1 Å². The molecular weight excluding hydrogens is 335 g/mol. The number of oxime groups is 1. The van der Waals surface area contributed by atoms with Gasteiger partial charge in [0, 0.05) is 5.92 Å². The number of nitrogens with zero attached hydrogens (tertiary/aromatic N) is 3. The second-order valence-electron chi connectivity index (χ2n) is 5.26. The number of hydrogen-bond donors (Lipinski definition) is 0. The molecule has 1 aliphatic carbocycles. The largest absolute Gasteiger partial charge is 0.399 e. The second kappa shape index (κ2) is 7.18. The number of sulfone groups is 1. The summed E-state index contributed by atoms with van der Waals surface area (Å²) in [6.07, 6.45) is -5.24. The normalized spacial score (nSPS) is 19.6. The zero-order valence-corrected chi connectivity index (χ0v) is 13.2. The van der Waals surface area contributed by atoms with Gasteiger partial charge in [-0.05, 0) is 25.7 Å². The van der Waals surface area contributed by atoms with Crippen LogP contribution in [0.4, 0.5) is 13.2 Å². The Hall–Kier alpha value is -1.81. The Labute approximate surface area is 132 Å². The Bertz CT molecular complexity index is 620. The molecule has 0 atom stereocenters. The van der Waals surface area contributed by atoms with Gasteiger partial charge in [0.1, 0.15) is 19.2 Å². The molecule has 0 unspecified atom stereocenters. The van der Waals surface area contributed by atoms with Gasteiger partial charge in [-0.25, -0.2) is 8.42 Å². The Morgan fingerprint density at radius 3 is 2.17 bits per heavy atom. The Balaban J connectivity index is 3.03. The number of halogens is 3. The number of alkyl halides is 3. The third-order valence-electron chi connectivity index (χ3n) is 3.84. The average Bonchev–Trinajstić information content (AvgIpc) is 2.48. The smallest absolute Gasteiger partial charge is 0.390 e. The van der Waals surface area contributed by atoms with E-state index in [-0.39, 0.29) is 12.8 Å². The molecule has 10 heteroatoms. The molecule has 1 aliphatic rings. The molecule has 0 aromatic carbocycles. The monoisotopic (exact) mass is 351 g/mol. The van der Waals surface area contributed by atoms with E-state index in [0.717, 1.165) is 0 Å². The highest BCUT2D eigenvalue weighted by molar-refractivity contribution is 7.93. The Morgan fingerprint density at radius 1 is 1.26 bits per heavy atom. The lowest BCUT2D eigenvalue weighted by Crippen LogP contribution is -2.46. The lowest BCUT2D eigenvalue weighted by Gasteiger charge is -2.32. The summed E-state index contributed by atoms with van der Waals surface area (Å²) in [4.78, 5) is 4.61. The van der Waals surface area contributed by atoms with E-state index >= 15 is 0 Å². The summed E-state index contributed by atoms with van der Waals surface area (Å²) in [7, 11) is -3.20. The highest BCUT2D eigenvalue weighted by Crippen LogP contribution is 2.38. The maximum atomic E-state index is 12.3. The first-order valence-corrected chi connectivity index (χ1v) is 8.47. The van der Waals surface area contributed by atoms with Gasteiger partial charge in [-0.3, -0.25) is 0 Å². The van der Waals surface area contributed by atoms with Crippen molar-refractivity contribution in [3.63, 3.8) is 0 Å². The first kappa shape index (κ1) is 19.2. The van der Waals surface area contributed by atoms with Gasteiger partial charge in [0.15, 0.2) is 9.84 Å². The van der Waals surface area contributed by atoms with Gasteiger partial charge in [0.05, 0.1) is 17.9 Å². The van der Waals surface area contributed by atoms with Gasteiger partial charge in [-0.15, -0.1) is 0 Å². The van der Waals surface area contributed by atoms with Crippen LogP contribution in [0.3, 0.4) is 0 Å². The molecule has 23 heavy (non-hydrogen) atoms. The molecule has 0 radical (unpaired) electrons. The van der Waals surface area contributed by atoms with E-state index in [1.165, 1.54) is 19.2 Å². The summed E-state index contributed by atoms with van der Waals surface area (Å²) < 4.78 is 59.0. The highest BCUT2D eigenvalue weighted by atomic mass is 32.2. The van der Waals surface area contributed by atoms with Gasteiger partial charge in [-0.1, -0.05) is 5.16 Å². The number of rotatable bonds is 5. The Morgan fingerprint density at radius 2 is 1.78 bits per heavy atom. The van der Waals surface area contributed by atoms with E-state index in [1.54, 1.807) is 0 Å². The molecule has 0 saturated heterocycles. The van der Waals surface area contributed by atoms with Gasteiger partial charge >= 0.3 is 6.18 Å². The van der Waals surface area contributed by atoms with E-state index in [4.69, 9.17) is 0 Å². The molecule has 1 saturated carbocycles. The molecular formula is C13H16F3N3O3S. The molecule has 0 amide bonds. The third-order valence-corrected chi connectivity index (χ3v) is 6.07. The van der Waals surface area contributed by atoms with Crippen molar-refractivity contribution in [3.05, 3.63) is 0 Å². The molecule has 0 aromatic heterocycles. The van der Waals surface area contributed by atoms with Gasteiger partial charge in [-0.2, -0.15) is 23.7 Å². The molecule has 1 rings (SSSR count). The summed E-state index contributed by atoms with van der Waals surface area (Å²) in [5, 5.41) is 22.3. The predicted molar refractivity (Wildman–Crippen MR) is 74.8 cm³/mol. The molecule has 0 spiro atoms. The van der Waals surface area contributed by atoms with Crippen molar-refractivity contribution in [1.82, 2.24) is 0 Å². The van der Waals surface area contributed by atoms with Crippen LogP contribution in [0, 0.1) is 28.6 Å². The second-order valence-corrected chi connectivity index (χ2v) is 7.54. The van der Waals surface area contributed by atoms with Gasteiger partial charge in [0.25, 0.3) is 0 Å². The average molecular weight is 351 g/mol. The SMILES string of the molecule is CON=C1CCC(C(C#N)(C#N)S(=O)(=O)CCC(F)(F)F)CC1. The summed E-state index contributed by atoms with van der Waals surface area (Å²) in [5.41, 5.74) is 0.668. The molecule has 1 fully saturated rings. The van der Waals surface area contributed by atoms with Crippen molar-refractivity contribution in [2.24, 2.45) is 11.1 Å². The van der Waals surface area contributed by atoms with Crippen LogP contribution < -0.4 is 0 Å². The molecule has 0 N–H and O–H groups in total. The molecule has 0 heterocycles. The van der Waals surface area contributed by atoms with Crippen molar-refractivity contribution < 1.29 is 26.4 Å². The first-order chi connectivity index (χ1) is 10.6. The van der Waals surface area contributed by atoms with Crippen LogP contribution in [-0.2, 0) is 14.7 Å². The maximum Gasteiger partial charge on any atom is 0.390 e. The minimum atomic E-state index is -4.67. The van der Waals surface area contributed by atoms with Crippen LogP contribution in [0.5, 0.6) is 0 Å².